The van der Waals surface area contributed by atoms with Crippen LogP contribution in [0.3, 0.4) is 0 Å². The quantitative estimate of drug-likeness (QED) is 0.755. The highest BCUT2D eigenvalue weighted by molar-refractivity contribution is 5.48. The van der Waals surface area contributed by atoms with Crippen molar-refractivity contribution in [2.75, 3.05) is 11.1 Å². The number of nitrogens with zero attached hydrogens (tertiary/aromatic N) is 4. The van der Waals surface area contributed by atoms with Gasteiger partial charge in [0.1, 0.15) is 5.82 Å². The van der Waals surface area contributed by atoms with Gasteiger partial charge in [-0.05, 0) is 17.7 Å². The molecule has 0 aliphatic carbocycles. The number of pyridine rings is 1. The predicted molar refractivity (Wildman–Crippen MR) is 77.5 cm³/mol. The van der Waals surface area contributed by atoms with Crippen LogP contribution in [0.5, 0.6) is 0 Å². The van der Waals surface area contributed by atoms with Crippen molar-refractivity contribution in [2.45, 2.75) is 6.54 Å². The lowest BCUT2D eigenvalue weighted by Crippen LogP contribution is -2.06. The maximum atomic E-state index is 5.87. The Morgan fingerprint density at radius 1 is 1.05 bits per heavy atom. The molecule has 0 saturated carbocycles. The molecule has 3 rings (SSSR count). The van der Waals surface area contributed by atoms with Crippen molar-refractivity contribution in [1.29, 1.82) is 0 Å². The largest absolute Gasteiger partial charge is 0.368 e. The first kappa shape index (κ1) is 12.2. The van der Waals surface area contributed by atoms with Crippen LogP contribution >= 0.6 is 0 Å². The second kappa shape index (κ2) is 5.40. The lowest BCUT2D eigenvalue weighted by molar-refractivity contribution is 0.698. The minimum absolute atomic E-state index is 0.368. The summed E-state index contributed by atoms with van der Waals surface area (Å²) in [6, 6.07) is 15.6. The molecule has 20 heavy (non-hydrogen) atoms. The van der Waals surface area contributed by atoms with Gasteiger partial charge in [0.2, 0.25) is 11.9 Å². The fourth-order valence-corrected chi connectivity index (χ4v) is 1.83. The third kappa shape index (κ3) is 2.74. The van der Waals surface area contributed by atoms with Crippen LogP contribution in [-0.4, -0.2) is 19.7 Å². The van der Waals surface area contributed by atoms with Crippen molar-refractivity contribution in [3.05, 3.63) is 60.3 Å². The van der Waals surface area contributed by atoms with Gasteiger partial charge < -0.3 is 11.1 Å². The predicted octanol–water partition coefficient (Wildman–Crippen LogP) is 2.05. The Balaban J connectivity index is 1.77. The van der Waals surface area contributed by atoms with Crippen molar-refractivity contribution < 1.29 is 0 Å². The third-order valence-electron chi connectivity index (χ3n) is 2.78. The lowest BCUT2D eigenvalue weighted by atomic mass is 10.2. The van der Waals surface area contributed by atoms with Gasteiger partial charge >= 0.3 is 0 Å². The summed E-state index contributed by atoms with van der Waals surface area (Å²) in [5.41, 5.74) is 6.99. The van der Waals surface area contributed by atoms with E-state index in [1.165, 1.54) is 0 Å². The zero-order valence-electron chi connectivity index (χ0n) is 10.8. The van der Waals surface area contributed by atoms with Gasteiger partial charge in [-0.25, -0.2) is 9.67 Å². The van der Waals surface area contributed by atoms with Gasteiger partial charge in [-0.1, -0.05) is 36.4 Å². The molecule has 0 fully saturated rings. The van der Waals surface area contributed by atoms with E-state index in [-0.39, 0.29) is 0 Å². The molecule has 0 saturated heterocycles. The zero-order chi connectivity index (χ0) is 13.8. The third-order valence-corrected chi connectivity index (χ3v) is 2.78. The van der Waals surface area contributed by atoms with Crippen LogP contribution in [-0.2, 0) is 6.54 Å². The van der Waals surface area contributed by atoms with E-state index in [4.69, 9.17) is 5.73 Å². The van der Waals surface area contributed by atoms with Crippen LogP contribution < -0.4 is 11.1 Å². The fourth-order valence-electron chi connectivity index (χ4n) is 1.83. The standard InChI is InChI=1S/C14H14N6/c15-13-18-14(17-12-8-4-5-9-16-12)19-20(13)10-11-6-2-1-3-7-11/h1-9H,10H2,(H3,15,16,17,18,19). The Labute approximate surface area is 116 Å². The Kier molecular flexibility index (Phi) is 3.28. The normalized spacial score (nSPS) is 10.4. The molecule has 2 aromatic heterocycles. The van der Waals surface area contributed by atoms with E-state index >= 15 is 0 Å². The molecule has 0 unspecified atom stereocenters. The number of hydrogen-bond acceptors (Lipinski definition) is 5. The molecular formula is C14H14N6. The number of anilines is 3. The van der Waals surface area contributed by atoms with E-state index < -0.39 is 0 Å². The molecule has 0 spiro atoms. The van der Waals surface area contributed by atoms with Crippen molar-refractivity contribution >= 4 is 17.7 Å². The average Bonchev–Trinajstić information content (AvgIpc) is 2.81. The number of nitrogens with two attached hydrogens (primary N) is 1. The van der Waals surface area contributed by atoms with Gasteiger partial charge in [0.25, 0.3) is 0 Å². The topological polar surface area (TPSA) is 81.7 Å². The van der Waals surface area contributed by atoms with E-state index in [1.54, 1.807) is 10.9 Å². The van der Waals surface area contributed by atoms with Gasteiger partial charge in [-0.2, -0.15) is 4.98 Å². The van der Waals surface area contributed by atoms with E-state index in [2.05, 4.69) is 20.4 Å². The minimum Gasteiger partial charge on any atom is -0.368 e. The Hall–Kier alpha value is -2.89. The van der Waals surface area contributed by atoms with Crippen LogP contribution in [0.4, 0.5) is 17.7 Å². The SMILES string of the molecule is Nc1nc(Nc2ccccn2)nn1Cc1ccccc1. The number of nitrogens with one attached hydrogen (secondary N) is 1. The summed E-state index contributed by atoms with van der Waals surface area (Å²) in [6.07, 6.45) is 1.70. The Morgan fingerprint density at radius 3 is 2.60 bits per heavy atom. The maximum Gasteiger partial charge on any atom is 0.249 e. The van der Waals surface area contributed by atoms with Crippen LogP contribution in [0.25, 0.3) is 0 Å². The van der Waals surface area contributed by atoms with Gasteiger partial charge in [-0.15, -0.1) is 5.10 Å². The Morgan fingerprint density at radius 2 is 1.85 bits per heavy atom. The van der Waals surface area contributed by atoms with Crippen molar-refractivity contribution in [3.63, 3.8) is 0 Å². The first-order chi connectivity index (χ1) is 9.81. The van der Waals surface area contributed by atoms with E-state index in [0.717, 1.165) is 5.56 Å². The zero-order valence-corrected chi connectivity index (χ0v) is 10.8. The molecule has 3 aromatic rings. The molecule has 0 atom stereocenters. The molecular weight excluding hydrogens is 252 g/mol. The number of aromatic nitrogens is 4. The van der Waals surface area contributed by atoms with Gasteiger partial charge in [0.05, 0.1) is 6.54 Å². The smallest absolute Gasteiger partial charge is 0.249 e. The maximum absolute atomic E-state index is 5.87. The van der Waals surface area contributed by atoms with E-state index in [9.17, 15) is 0 Å². The van der Waals surface area contributed by atoms with Gasteiger partial charge in [-0.3, -0.25) is 0 Å². The summed E-state index contributed by atoms with van der Waals surface area (Å²) in [4.78, 5) is 8.34. The van der Waals surface area contributed by atoms with Crippen LogP contribution in [0.15, 0.2) is 54.7 Å². The van der Waals surface area contributed by atoms with Crippen molar-refractivity contribution in [3.8, 4) is 0 Å². The first-order valence-corrected chi connectivity index (χ1v) is 6.23. The molecule has 2 heterocycles. The minimum atomic E-state index is 0.368. The number of benzene rings is 1. The molecule has 100 valence electrons. The monoisotopic (exact) mass is 266 g/mol. The second-order valence-electron chi connectivity index (χ2n) is 4.28. The second-order valence-corrected chi connectivity index (χ2v) is 4.28. The molecule has 0 radical (unpaired) electrons. The summed E-state index contributed by atoms with van der Waals surface area (Å²) in [5, 5.41) is 7.35. The fraction of sp³-hybridized carbons (Fsp3) is 0.0714. The molecule has 1 aromatic carbocycles. The Bertz CT molecular complexity index is 677. The highest BCUT2D eigenvalue weighted by atomic mass is 15.4. The highest BCUT2D eigenvalue weighted by Gasteiger charge is 2.07. The summed E-state index contributed by atoms with van der Waals surface area (Å²) in [6.45, 7) is 0.587. The molecule has 3 N–H and O–H groups in total. The summed E-state index contributed by atoms with van der Waals surface area (Å²) >= 11 is 0. The van der Waals surface area contributed by atoms with Crippen LogP contribution in [0, 0.1) is 0 Å². The molecule has 6 nitrogen and oxygen atoms in total. The van der Waals surface area contributed by atoms with Crippen molar-refractivity contribution in [1.82, 2.24) is 19.7 Å². The van der Waals surface area contributed by atoms with E-state index in [1.807, 2.05) is 48.5 Å². The van der Waals surface area contributed by atoms with Gasteiger partial charge in [0, 0.05) is 6.20 Å². The lowest BCUT2D eigenvalue weighted by Gasteiger charge is -2.02. The molecule has 0 amide bonds. The average molecular weight is 266 g/mol. The van der Waals surface area contributed by atoms with E-state index in [0.29, 0.717) is 24.3 Å². The number of rotatable bonds is 4. The van der Waals surface area contributed by atoms with Crippen LogP contribution in [0.2, 0.25) is 0 Å². The number of hydrogen-bond donors (Lipinski definition) is 2. The summed E-state index contributed by atoms with van der Waals surface area (Å²) in [7, 11) is 0. The van der Waals surface area contributed by atoms with Crippen molar-refractivity contribution in [2.24, 2.45) is 0 Å². The molecule has 0 bridgehead atoms. The molecule has 0 aliphatic heterocycles. The summed E-state index contributed by atoms with van der Waals surface area (Å²) in [5.74, 6) is 1.49. The highest BCUT2D eigenvalue weighted by Crippen LogP contribution is 2.12. The van der Waals surface area contributed by atoms with Crippen LogP contribution in [0.1, 0.15) is 5.56 Å². The summed E-state index contributed by atoms with van der Waals surface area (Å²) < 4.78 is 1.65. The molecule has 6 heteroatoms. The molecule has 0 aliphatic rings. The number of nitrogen functional groups attached to an aromatic ring is 1. The first-order valence-electron chi connectivity index (χ1n) is 6.23. The van der Waals surface area contributed by atoms with Gasteiger partial charge in [0.15, 0.2) is 0 Å².